The Morgan fingerprint density at radius 3 is 2.58 bits per heavy atom. The van der Waals surface area contributed by atoms with Crippen molar-refractivity contribution in [3.05, 3.63) is 29.8 Å². The summed E-state index contributed by atoms with van der Waals surface area (Å²) >= 11 is 0. The van der Waals surface area contributed by atoms with Crippen LogP contribution in [0, 0.1) is 5.92 Å². The van der Waals surface area contributed by atoms with Crippen molar-refractivity contribution in [3.63, 3.8) is 0 Å². The molecule has 0 heterocycles. The normalized spacial score (nSPS) is 16.3. The standard InChI is InChI=1S/C17H27NO/c1-3-4-5-12-19-17-10-8-16(9-11-17)14(2)18-13-15-6-7-15/h8-11,14-15,18H,3-7,12-13H2,1-2H3. The molecule has 0 aliphatic heterocycles. The van der Waals surface area contributed by atoms with Gasteiger partial charge in [0.05, 0.1) is 6.61 Å². The summed E-state index contributed by atoms with van der Waals surface area (Å²) in [4.78, 5) is 0. The number of hydrogen-bond donors (Lipinski definition) is 1. The highest BCUT2D eigenvalue weighted by Crippen LogP contribution is 2.28. The van der Waals surface area contributed by atoms with Crippen LogP contribution in [0.15, 0.2) is 24.3 Å². The van der Waals surface area contributed by atoms with Gasteiger partial charge in [-0.25, -0.2) is 0 Å². The summed E-state index contributed by atoms with van der Waals surface area (Å²) in [6, 6.07) is 8.99. The summed E-state index contributed by atoms with van der Waals surface area (Å²) in [5.41, 5.74) is 1.35. The van der Waals surface area contributed by atoms with Gasteiger partial charge in [-0.3, -0.25) is 0 Å². The zero-order valence-corrected chi connectivity index (χ0v) is 12.3. The topological polar surface area (TPSA) is 21.3 Å². The van der Waals surface area contributed by atoms with Crippen LogP contribution in [0.4, 0.5) is 0 Å². The first-order valence-electron chi connectivity index (χ1n) is 7.75. The Balaban J connectivity index is 1.72. The van der Waals surface area contributed by atoms with Crippen LogP contribution in [0.3, 0.4) is 0 Å². The monoisotopic (exact) mass is 261 g/mol. The molecule has 1 aromatic carbocycles. The van der Waals surface area contributed by atoms with E-state index in [0.717, 1.165) is 31.2 Å². The molecular formula is C17H27NO. The van der Waals surface area contributed by atoms with Gasteiger partial charge in [0, 0.05) is 6.04 Å². The van der Waals surface area contributed by atoms with E-state index < -0.39 is 0 Å². The molecule has 0 spiro atoms. The van der Waals surface area contributed by atoms with Gasteiger partial charge >= 0.3 is 0 Å². The molecule has 0 radical (unpaired) electrons. The van der Waals surface area contributed by atoms with E-state index in [0.29, 0.717) is 6.04 Å². The largest absolute Gasteiger partial charge is 0.494 e. The molecule has 0 amide bonds. The summed E-state index contributed by atoms with van der Waals surface area (Å²) in [6.45, 7) is 6.45. The van der Waals surface area contributed by atoms with E-state index in [1.54, 1.807) is 0 Å². The summed E-state index contributed by atoms with van der Waals surface area (Å²) in [7, 11) is 0. The second-order valence-corrected chi connectivity index (χ2v) is 5.70. The molecule has 2 rings (SSSR count). The fourth-order valence-electron chi connectivity index (χ4n) is 2.18. The third kappa shape index (κ3) is 5.23. The first-order chi connectivity index (χ1) is 9.29. The van der Waals surface area contributed by atoms with Gasteiger partial charge < -0.3 is 10.1 Å². The average molecular weight is 261 g/mol. The molecule has 1 atom stereocenters. The lowest BCUT2D eigenvalue weighted by molar-refractivity contribution is 0.306. The Hall–Kier alpha value is -1.02. The highest BCUT2D eigenvalue weighted by atomic mass is 16.5. The Labute approximate surface area is 117 Å². The Kier molecular flexibility index (Phi) is 5.71. The van der Waals surface area contributed by atoms with E-state index >= 15 is 0 Å². The molecule has 2 nitrogen and oxygen atoms in total. The third-order valence-corrected chi connectivity index (χ3v) is 3.81. The molecule has 0 saturated heterocycles. The van der Waals surface area contributed by atoms with Crippen molar-refractivity contribution >= 4 is 0 Å². The third-order valence-electron chi connectivity index (χ3n) is 3.81. The molecule has 19 heavy (non-hydrogen) atoms. The quantitative estimate of drug-likeness (QED) is 0.669. The summed E-state index contributed by atoms with van der Waals surface area (Å²) < 4.78 is 5.73. The molecular weight excluding hydrogens is 234 g/mol. The molecule has 0 bridgehead atoms. The fourth-order valence-corrected chi connectivity index (χ4v) is 2.18. The molecule has 0 aromatic heterocycles. The van der Waals surface area contributed by atoms with Crippen molar-refractivity contribution in [3.8, 4) is 5.75 Å². The Morgan fingerprint density at radius 1 is 1.21 bits per heavy atom. The maximum absolute atomic E-state index is 5.73. The molecule has 1 aromatic rings. The minimum atomic E-state index is 0.440. The van der Waals surface area contributed by atoms with Gasteiger partial charge in [0.1, 0.15) is 5.75 Å². The first kappa shape index (κ1) is 14.4. The van der Waals surface area contributed by atoms with Gasteiger partial charge in [-0.1, -0.05) is 31.9 Å². The van der Waals surface area contributed by atoms with E-state index in [-0.39, 0.29) is 0 Å². The second kappa shape index (κ2) is 7.54. The minimum Gasteiger partial charge on any atom is -0.494 e. The summed E-state index contributed by atoms with van der Waals surface area (Å²) in [5, 5.41) is 3.60. The number of hydrogen-bond acceptors (Lipinski definition) is 2. The minimum absolute atomic E-state index is 0.440. The van der Waals surface area contributed by atoms with Crippen LogP contribution in [0.2, 0.25) is 0 Å². The van der Waals surface area contributed by atoms with Crippen LogP contribution < -0.4 is 10.1 Å². The average Bonchev–Trinajstić information content (AvgIpc) is 3.26. The number of unbranched alkanes of at least 4 members (excludes halogenated alkanes) is 2. The lowest BCUT2D eigenvalue weighted by Gasteiger charge is -2.14. The lowest BCUT2D eigenvalue weighted by Crippen LogP contribution is -2.20. The number of ether oxygens (including phenoxy) is 1. The predicted octanol–water partition coefficient (Wildman–Crippen LogP) is 4.32. The van der Waals surface area contributed by atoms with E-state index in [1.165, 1.54) is 31.2 Å². The Morgan fingerprint density at radius 2 is 1.95 bits per heavy atom. The smallest absolute Gasteiger partial charge is 0.119 e. The Bertz CT molecular complexity index is 356. The zero-order valence-electron chi connectivity index (χ0n) is 12.3. The van der Waals surface area contributed by atoms with Crippen molar-refractivity contribution in [1.29, 1.82) is 0 Å². The van der Waals surface area contributed by atoms with Crippen molar-refractivity contribution in [2.24, 2.45) is 5.92 Å². The molecule has 2 heteroatoms. The van der Waals surface area contributed by atoms with Crippen LogP contribution in [-0.4, -0.2) is 13.2 Å². The van der Waals surface area contributed by atoms with Crippen LogP contribution >= 0.6 is 0 Å². The fraction of sp³-hybridized carbons (Fsp3) is 0.647. The summed E-state index contributed by atoms with van der Waals surface area (Å²) in [5.74, 6) is 1.93. The molecule has 1 saturated carbocycles. The van der Waals surface area contributed by atoms with E-state index in [1.807, 2.05) is 0 Å². The lowest BCUT2D eigenvalue weighted by atomic mass is 10.1. The van der Waals surface area contributed by atoms with E-state index in [9.17, 15) is 0 Å². The van der Waals surface area contributed by atoms with Crippen LogP contribution in [0.1, 0.15) is 57.6 Å². The van der Waals surface area contributed by atoms with Crippen LogP contribution in [0.5, 0.6) is 5.75 Å². The van der Waals surface area contributed by atoms with Gasteiger partial charge in [-0.15, -0.1) is 0 Å². The maximum atomic E-state index is 5.73. The molecule has 1 N–H and O–H groups in total. The van der Waals surface area contributed by atoms with Crippen LogP contribution in [0.25, 0.3) is 0 Å². The molecule has 1 fully saturated rings. The highest BCUT2D eigenvalue weighted by molar-refractivity contribution is 5.28. The zero-order chi connectivity index (χ0) is 13.5. The highest BCUT2D eigenvalue weighted by Gasteiger charge is 2.21. The van der Waals surface area contributed by atoms with Gasteiger partial charge in [-0.2, -0.15) is 0 Å². The van der Waals surface area contributed by atoms with Crippen molar-refractivity contribution in [1.82, 2.24) is 5.32 Å². The van der Waals surface area contributed by atoms with Crippen molar-refractivity contribution < 1.29 is 4.74 Å². The maximum Gasteiger partial charge on any atom is 0.119 e. The second-order valence-electron chi connectivity index (χ2n) is 5.70. The van der Waals surface area contributed by atoms with Crippen LogP contribution in [-0.2, 0) is 0 Å². The predicted molar refractivity (Wildman–Crippen MR) is 80.6 cm³/mol. The van der Waals surface area contributed by atoms with Gasteiger partial charge in [0.25, 0.3) is 0 Å². The van der Waals surface area contributed by atoms with E-state index in [2.05, 4.69) is 43.4 Å². The van der Waals surface area contributed by atoms with E-state index in [4.69, 9.17) is 4.74 Å². The summed E-state index contributed by atoms with van der Waals surface area (Å²) in [6.07, 6.45) is 6.46. The molecule has 1 aliphatic carbocycles. The molecule has 1 unspecified atom stereocenters. The number of benzene rings is 1. The van der Waals surface area contributed by atoms with Gasteiger partial charge in [0.15, 0.2) is 0 Å². The SMILES string of the molecule is CCCCCOc1ccc(C(C)NCC2CC2)cc1. The number of rotatable bonds is 9. The first-order valence-corrected chi connectivity index (χ1v) is 7.75. The van der Waals surface area contributed by atoms with Crippen molar-refractivity contribution in [2.75, 3.05) is 13.2 Å². The molecule has 1 aliphatic rings. The van der Waals surface area contributed by atoms with Gasteiger partial charge in [-0.05, 0) is 56.3 Å². The number of nitrogens with one attached hydrogen (secondary N) is 1. The van der Waals surface area contributed by atoms with Crippen molar-refractivity contribution in [2.45, 2.75) is 52.0 Å². The molecule has 106 valence electrons. The van der Waals surface area contributed by atoms with Gasteiger partial charge in [0.2, 0.25) is 0 Å².